The smallest absolute Gasteiger partial charge is 0.244 e. The van der Waals surface area contributed by atoms with Crippen LogP contribution in [0.3, 0.4) is 0 Å². The molecule has 1 atom stereocenters. The molecule has 1 fully saturated rings. The predicted molar refractivity (Wildman–Crippen MR) is 61.3 cm³/mol. The van der Waals surface area contributed by atoms with Crippen LogP contribution in [0.15, 0.2) is 0 Å². The van der Waals surface area contributed by atoms with Gasteiger partial charge in [0.05, 0.1) is 13.2 Å². The molecule has 0 saturated carbocycles. The maximum absolute atomic E-state index is 11.9. The van der Waals surface area contributed by atoms with Crippen molar-refractivity contribution in [1.82, 2.24) is 10.2 Å². The normalized spacial score (nSPS) is 20.1. The topological polar surface area (TPSA) is 78.9 Å². The van der Waals surface area contributed by atoms with Crippen LogP contribution in [0.25, 0.3) is 0 Å². The Bertz CT molecular complexity index is 270. The highest BCUT2D eigenvalue weighted by atomic mass is 16.5. The van der Waals surface area contributed by atoms with Gasteiger partial charge in [-0.25, -0.2) is 0 Å². The summed E-state index contributed by atoms with van der Waals surface area (Å²) in [6.07, 6.45) is 1.63. The number of nitrogens with zero attached hydrogens (tertiary/aromatic N) is 1. The maximum atomic E-state index is 11.9. The van der Waals surface area contributed by atoms with E-state index in [9.17, 15) is 9.59 Å². The maximum Gasteiger partial charge on any atom is 0.244 e. The molecule has 1 heterocycles. The number of amides is 2. The van der Waals surface area contributed by atoms with Gasteiger partial charge in [-0.3, -0.25) is 9.59 Å². The number of hydrogen-bond acceptors (Lipinski definition) is 4. The van der Waals surface area contributed by atoms with Crippen molar-refractivity contribution in [2.24, 2.45) is 0 Å². The fourth-order valence-electron chi connectivity index (χ4n) is 1.82. The third kappa shape index (κ3) is 3.98. The summed E-state index contributed by atoms with van der Waals surface area (Å²) in [6, 6.07) is -0.518. The Morgan fingerprint density at radius 3 is 2.88 bits per heavy atom. The average molecular weight is 244 g/mol. The number of ether oxygens (including phenoxy) is 1. The molecular formula is C11H20N2O4. The zero-order chi connectivity index (χ0) is 12.7. The molecule has 2 amide bonds. The van der Waals surface area contributed by atoms with Gasteiger partial charge in [0, 0.05) is 26.6 Å². The van der Waals surface area contributed by atoms with Crippen molar-refractivity contribution in [3.63, 3.8) is 0 Å². The van der Waals surface area contributed by atoms with Crippen molar-refractivity contribution in [3.8, 4) is 0 Å². The first-order chi connectivity index (χ1) is 8.20. The molecule has 17 heavy (non-hydrogen) atoms. The van der Waals surface area contributed by atoms with Gasteiger partial charge in [0.1, 0.15) is 6.04 Å². The number of unbranched alkanes of at least 4 members (excludes halogenated alkanes) is 1. The Kier molecular flexibility index (Phi) is 5.93. The minimum atomic E-state index is -0.518. The van der Waals surface area contributed by atoms with Crippen LogP contribution in [0, 0.1) is 0 Å². The van der Waals surface area contributed by atoms with Crippen LogP contribution in [0.2, 0.25) is 0 Å². The van der Waals surface area contributed by atoms with Crippen molar-refractivity contribution in [2.75, 3.05) is 33.4 Å². The summed E-state index contributed by atoms with van der Waals surface area (Å²) in [6.45, 7) is 1.27. The molecule has 6 heteroatoms. The molecule has 98 valence electrons. The quantitative estimate of drug-likeness (QED) is 0.616. The summed E-state index contributed by atoms with van der Waals surface area (Å²) in [4.78, 5) is 25.1. The lowest BCUT2D eigenvalue weighted by Gasteiger charge is -2.34. The van der Waals surface area contributed by atoms with Gasteiger partial charge >= 0.3 is 0 Å². The summed E-state index contributed by atoms with van der Waals surface area (Å²) in [5.74, 6) is -0.240. The fourth-order valence-corrected chi connectivity index (χ4v) is 1.82. The fraction of sp³-hybridized carbons (Fsp3) is 0.818. The second kappa shape index (κ2) is 7.24. The largest absolute Gasteiger partial charge is 0.396 e. The highest BCUT2D eigenvalue weighted by molar-refractivity contribution is 5.87. The molecule has 1 unspecified atom stereocenters. The van der Waals surface area contributed by atoms with Crippen molar-refractivity contribution in [2.45, 2.75) is 25.3 Å². The second-order valence-corrected chi connectivity index (χ2v) is 3.97. The SMILES string of the molecule is CNC(=O)C1COCCN1C(=O)CCCCO. The first-order valence-corrected chi connectivity index (χ1v) is 5.90. The lowest BCUT2D eigenvalue weighted by molar-refractivity contribution is -0.148. The number of carbonyl (C=O) groups excluding carboxylic acids is 2. The molecule has 0 radical (unpaired) electrons. The highest BCUT2D eigenvalue weighted by Gasteiger charge is 2.31. The van der Waals surface area contributed by atoms with E-state index < -0.39 is 6.04 Å². The van der Waals surface area contributed by atoms with Gasteiger partial charge in [-0.15, -0.1) is 0 Å². The molecule has 0 spiro atoms. The molecule has 0 bridgehead atoms. The number of carbonyl (C=O) groups is 2. The number of rotatable bonds is 5. The number of aliphatic hydroxyl groups excluding tert-OH is 1. The lowest BCUT2D eigenvalue weighted by Crippen LogP contribution is -2.55. The summed E-state index contributed by atoms with van der Waals surface area (Å²) in [5, 5.41) is 11.2. The van der Waals surface area contributed by atoms with Crippen LogP contribution in [-0.4, -0.2) is 61.3 Å². The summed E-state index contributed by atoms with van der Waals surface area (Å²) < 4.78 is 5.22. The van der Waals surface area contributed by atoms with Crippen molar-refractivity contribution >= 4 is 11.8 Å². The zero-order valence-corrected chi connectivity index (χ0v) is 10.1. The molecule has 0 aromatic rings. The van der Waals surface area contributed by atoms with E-state index >= 15 is 0 Å². The zero-order valence-electron chi connectivity index (χ0n) is 10.1. The van der Waals surface area contributed by atoms with E-state index in [1.54, 1.807) is 11.9 Å². The Balaban J connectivity index is 2.52. The molecule has 2 N–H and O–H groups in total. The van der Waals surface area contributed by atoms with Crippen LogP contribution in [0.1, 0.15) is 19.3 Å². The molecule has 0 aromatic carbocycles. The van der Waals surface area contributed by atoms with Crippen LogP contribution < -0.4 is 5.32 Å². The molecule has 1 aliphatic rings. The van der Waals surface area contributed by atoms with Crippen molar-refractivity contribution in [1.29, 1.82) is 0 Å². The lowest BCUT2D eigenvalue weighted by atomic mass is 10.1. The molecule has 0 aliphatic carbocycles. The minimum absolute atomic E-state index is 0.0460. The summed E-state index contributed by atoms with van der Waals surface area (Å²) >= 11 is 0. The Morgan fingerprint density at radius 2 is 2.24 bits per heavy atom. The first-order valence-electron chi connectivity index (χ1n) is 5.90. The Hall–Kier alpha value is -1.14. The Morgan fingerprint density at radius 1 is 1.47 bits per heavy atom. The highest BCUT2D eigenvalue weighted by Crippen LogP contribution is 2.10. The van der Waals surface area contributed by atoms with E-state index in [2.05, 4.69) is 5.32 Å². The second-order valence-electron chi connectivity index (χ2n) is 3.97. The molecule has 1 rings (SSSR count). The minimum Gasteiger partial charge on any atom is -0.396 e. The molecular weight excluding hydrogens is 224 g/mol. The van der Waals surface area contributed by atoms with Gasteiger partial charge < -0.3 is 20.1 Å². The predicted octanol–water partition coefficient (Wildman–Crippen LogP) is -0.878. The van der Waals surface area contributed by atoms with Gasteiger partial charge in [-0.1, -0.05) is 0 Å². The number of likely N-dealkylation sites (N-methyl/N-ethyl adjacent to an activating group) is 1. The monoisotopic (exact) mass is 244 g/mol. The molecule has 0 aromatic heterocycles. The van der Waals surface area contributed by atoms with E-state index in [0.717, 1.165) is 0 Å². The first kappa shape index (κ1) is 13.9. The van der Waals surface area contributed by atoms with Gasteiger partial charge in [0.15, 0.2) is 0 Å². The Labute approximate surface area is 101 Å². The molecule has 1 aliphatic heterocycles. The van der Waals surface area contributed by atoms with Gasteiger partial charge in [-0.2, -0.15) is 0 Å². The van der Waals surface area contributed by atoms with Crippen LogP contribution >= 0.6 is 0 Å². The third-order valence-corrected chi connectivity index (χ3v) is 2.80. The van der Waals surface area contributed by atoms with Gasteiger partial charge in [-0.05, 0) is 12.8 Å². The summed E-state index contributed by atoms with van der Waals surface area (Å²) in [7, 11) is 1.55. The van der Waals surface area contributed by atoms with Crippen LogP contribution in [-0.2, 0) is 14.3 Å². The third-order valence-electron chi connectivity index (χ3n) is 2.80. The van der Waals surface area contributed by atoms with Crippen molar-refractivity contribution in [3.05, 3.63) is 0 Å². The van der Waals surface area contributed by atoms with Gasteiger partial charge in [0.25, 0.3) is 0 Å². The standard InChI is InChI=1S/C11H20N2O4/c1-12-11(16)9-8-17-7-5-13(9)10(15)4-2-3-6-14/h9,14H,2-8H2,1H3,(H,12,16). The van der Waals surface area contributed by atoms with E-state index in [0.29, 0.717) is 32.4 Å². The van der Waals surface area contributed by atoms with Gasteiger partial charge in [0.2, 0.25) is 11.8 Å². The van der Waals surface area contributed by atoms with Crippen molar-refractivity contribution < 1.29 is 19.4 Å². The number of nitrogens with one attached hydrogen (secondary N) is 1. The van der Waals surface area contributed by atoms with Crippen LogP contribution in [0.4, 0.5) is 0 Å². The molecule has 1 saturated heterocycles. The van der Waals surface area contributed by atoms with E-state index in [1.165, 1.54) is 0 Å². The number of hydrogen-bond donors (Lipinski definition) is 2. The molecule has 6 nitrogen and oxygen atoms in total. The van der Waals surface area contributed by atoms with E-state index in [-0.39, 0.29) is 25.0 Å². The van der Waals surface area contributed by atoms with Crippen LogP contribution in [0.5, 0.6) is 0 Å². The van der Waals surface area contributed by atoms with E-state index in [1.807, 2.05) is 0 Å². The number of aliphatic hydroxyl groups is 1. The van der Waals surface area contributed by atoms with E-state index in [4.69, 9.17) is 9.84 Å². The summed E-state index contributed by atoms with van der Waals surface area (Å²) in [5.41, 5.74) is 0. The number of morpholine rings is 1. The average Bonchev–Trinajstić information content (AvgIpc) is 2.38.